The fourth-order valence-electron chi connectivity index (χ4n) is 4.00. The summed E-state index contributed by atoms with van der Waals surface area (Å²) in [6, 6.07) is 6.24. The maximum absolute atomic E-state index is 14.7. The number of amides is 1. The van der Waals surface area contributed by atoms with E-state index in [0.717, 1.165) is 0 Å². The minimum absolute atomic E-state index is 0.0301. The summed E-state index contributed by atoms with van der Waals surface area (Å²) in [4.78, 5) is 16.0. The van der Waals surface area contributed by atoms with Crippen molar-refractivity contribution in [1.82, 2.24) is 9.80 Å². The molecule has 3 rings (SSSR count). The van der Waals surface area contributed by atoms with Crippen LogP contribution in [0, 0.1) is 5.82 Å². The van der Waals surface area contributed by atoms with Crippen LogP contribution in [0.25, 0.3) is 0 Å². The molecule has 1 spiro atoms. The summed E-state index contributed by atoms with van der Waals surface area (Å²) in [6.45, 7) is 7.53. The van der Waals surface area contributed by atoms with Gasteiger partial charge in [0.15, 0.2) is 6.30 Å². The quantitative estimate of drug-likeness (QED) is 0.768. The minimum Gasteiger partial charge on any atom is -0.360 e. The van der Waals surface area contributed by atoms with Crippen LogP contribution in [0.5, 0.6) is 0 Å². The van der Waals surface area contributed by atoms with Crippen LogP contribution in [0.4, 0.5) is 8.78 Å². The van der Waals surface area contributed by atoms with Crippen LogP contribution >= 0.6 is 0 Å². The van der Waals surface area contributed by atoms with E-state index >= 15 is 0 Å². The first-order chi connectivity index (χ1) is 12.3. The molecule has 0 aromatic heterocycles. The van der Waals surface area contributed by atoms with Crippen molar-refractivity contribution in [2.75, 3.05) is 19.6 Å². The second kappa shape index (κ2) is 7.61. The van der Waals surface area contributed by atoms with Gasteiger partial charge in [-0.15, -0.1) is 0 Å². The second-order valence-electron chi connectivity index (χ2n) is 7.81. The smallest absolute Gasteiger partial charge is 0.251 e. The molecule has 26 heavy (non-hydrogen) atoms. The van der Waals surface area contributed by atoms with Crippen LogP contribution in [0.2, 0.25) is 0 Å². The molecule has 4 nitrogen and oxygen atoms in total. The van der Waals surface area contributed by atoms with E-state index in [0.29, 0.717) is 38.0 Å². The van der Waals surface area contributed by atoms with Gasteiger partial charge in [0.2, 0.25) is 0 Å². The van der Waals surface area contributed by atoms with Crippen molar-refractivity contribution in [2.24, 2.45) is 0 Å². The number of ether oxygens (including phenoxy) is 1. The van der Waals surface area contributed by atoms with E-state index in [9.17, 15) is 13.6 Å². The number of rotatable bonds is 4. The fraction of sp³-hybridized carbons (Fsp3) is 0.650. The summed E-state index contributed by atoms with van der Waals surface area (Å²) < 4.78 is 34.1. The normalized spacial score (nSPS) is 25.1. The number of carbonyl (C=O) groups excluding carboxylic acids is 1. The van der Waals surface area contributed by atoms with Gasteiger partial charge in [0.05, 0.1) is 12.1 Å². The molecule has 1 aromatic rings. The SMILES string of the molecule is CC(C)N1CC2(CCN(C(F)Cc3cccc(F)c3)CC2)O[C@H](C)C1=O. The number of morpholine rings is 1. The Hall–Kier alpha value is -1.53. The molecule has 2 aliphatic heterocycles. The fourth-order valence-corrected chi connectivity index (χ4v) is 4.00. The highest BCUT2D eigenvalue weighted by atomic mass is 19.1. The van der Waals surface area contributed by atoms with Gasteiger partial charge in [-0.3, -0.25) is 9.69 Å². The molecule has 144 valence electrons. The third kappa shape index (κ3) is 4.07. The van der Waals surface area contributed by atoms with E-state index in [1.165, 1.54) is 12.1 Å². The number of hydrogen-bond donors (Lipinski definition) is 0. The van der Waals surface area contributed by atoms with Crippen molar-refractivity contribution in [2.45, 2.75) is 64.1 Å². The van der Waals surface area contributed by atoms with Gasteiger partial charge in [0.1, 0.15) is 11.9 Å². The maximum Gasteiger partial charge on any atom is 0.251 e. The zero-order valence-electron chi connectivity index (χ0n) is 15.8. The number of alkyl halides is 1. The second-order valence-corrected chi connectivity index (χ2v) is 7.81. The summed E-state index contributed by atoms with van der Waals surface area (Å²) in [5, 5.41) is 0. The molecule has 2 atom stereocenters. The molecule has 0 N–H and O–H groups in total. The Morgan fingerprint density at radius 3 is 2.62 bits per heavy atom. The molecular weight excluding hydrogens is 338 g/mol. The van der Waals surface area contributed by atoms with Crippen LogP contribution in [0.3, 0.4) is 0 Å². The van der Waals surface area contributed by atoms with Gasteiger partial charge in [-0.2, -0.15) is 0 Å². The van der Waals surface area contributed by atoms with Crippen LogP contribution in [-0.4, -0.2) is 59.4 Å². The number of hydrogen-bond acceptors (Lipinski definition) is 3. The first-order valence-corrected chi connectivity index (χ1v) is 9.40. The predicted molar refractivity (Wildman–Crippen MR) is 95.9 cm³/mol. The van der Waals surface area contributed by atoms with Gasteiger partial charge in [-0.25, -0.2) is 8.78 Å². The average Bonchev–Trinajstić information content (AvgIpc) is 2.58. The van der Waals surface area contributed by atoms with Crippen molar-refractivity contribution >= 4 is 5.91 Å². The third-order valence-corrected chi connectivity index (χ3v) is 5.54. The van der Waals surface area contributed by atoms with Crippen LogP contribution < -0.4 is 0 Å². The van der Waals surface area contributed by atoms with Crippen molar-refractivity contribution < 1.29 is 18.3 Å². The third-order valence-electron chi connectivity index (χ3n) is 5.54. The monoisotopic (exact) mass is 366 g/mol. The Morgan fingerprint density at radius 2 is 2.00 bits per heavy atom. The van der Waals surface area contributed by atoms with Crippen molar-refractivity contribution in [3.8, 4) is 0 Å². The topological polar surface area (TPSA) is 32.8 Å². The maximum atomic E-state index is 14.7. The number of halogens is 2. The van der Waals surface area contributed by atoms with E-state index in [-0.39, 0.29) is 29.8 Å². The standard InChI is InChI=1S/C20H28F2N2O2/c1-14(2)24-13-20(26-15(3)19(24)25)7-9-23(10-8-20)18(22)12-16-5-4-6-17(21)11-16/h4-6,11,14-15,18H,7-10,12-13H2,1-3H3/t15-,18?/m1/s1. The molecule has 0 radical (unpaired) electrons. The van der Waals surface area contributed by atoms with Gasteiger partial charge in [-0.05, 0) is 51.3 Å². The van der Waals surface area contributed by atoms with Gasteiger partial charge in [0.25, 0.3) is 5.91 Å². The molecule has 1 amide bonds. The number of nitrogens with zero attached hydrogens (tertiary/aromatic N) is 2. The lowest BCUT2D eigenvalue weighted by molar-refractivity contribution is -0.195. The zero-order chi connectivity index (χ0) is 18.9. The Morgan fingerprint density at radius 1 is 1.31 bits per heavy atom. The Labute approximate surface area is 154 Å². The first kappa shape index (κ1) is 19.2. The summed E-state index contributed by atoms with van der Waals surface area (Å²) in [5.41, 5.74) is 0.282. The summed E-state index contributed by atoms with van der Waals surface area (Å²) in [7, 11) is 0. The highest BCUT2D eigenvalue weighted by molar-refractivity contribution is 5.81. The van der Waals surface area contributed by atoms with E-state index < -0.39 is 12.4 Å². The van der Waals surface area contributed by atoms with Gasteiger partial charge >= 0.3 is 0 Å². The molecule has 1 aromatic carbocycles. The Kier molecular flexibility index (Phi) is 5.63. The molecule has 0 bridgehead atoms. The molecule has 0 saturated carbocycles. The lowest BCUT2D eigenvalue weighted by Gasteiger charge is -2.50. The molecule has 1 unspecified atom stereocenters. The Balaban J connectivity index is 1.60. The summed E-state index contributed by atoms with van der Waals surface area (Å²) in [6.07, 6.45) is -0.0304. The van der Waals surface area contributed by atoms with Gasteiger partial charge < -0.3 is 9.64 Å². The van der Waals surface area contributed by atoms with E-state index in [2.05, 4.69) is 0 Å². The molecule has 2 saturated heterocycles. The molecular formula is C20H28F2N2O2. The lowest BCUT2D eigenvalue weighted by Crippen LogP contribution is -2.63. The summed E-state index contributed by atoms with van der Waals surface area (Å²) in [5.74, 6) is -0.308. The summed E-state index contributed by atoms with van der Waals surface area (Å²) >= 11 is 0. The number of likely N-dealkylation sites (tertiary alicyclic amines) is 1. The highest BCUT2D eigenvalue weighted by Crippen LogP contribution is 2.34. The highest BCUT2D eigenvalue weighted by Gasteiger charge is 2.46. The molecule has 2 heterocycles. The lowest BCUT2D eigenvalue weighted by atomic mass is 9.87. The Bertz CT molecular complexity index is 644. The number of benzene rings is 1. The van der Waals surface area contributed by atoms with Crippen molar-refractivity contribution in [3.05, 3.63) is 35.6 Å². The molecule has 2 fully saturated rings. The van der Waals surface area contributed by atoms with E-state index in [1.54, 1.807) is 24.0 Å². The first-order valence-electron chi connectivity index (χ1n) is 9.40. The molecule has 2 aliphatic rings. The van der Waals surface area contributed by atoms with E-state index in [1.807, 2.05) is 18.7 Å². The molecule has 6 heteroatoms. The average molecular weight is 366 g/mol. The van der Waals surface area contributed by atoms with Crippen LogP contribution in [-0.2, 0) is 16.0 Å². The minimum atomic E-state index is -1.14. The number of piperidine rings is 1. The van der Waals surface area contributed by atoms with Crippen LogP contribution in [0.1, 0.15) is 39.2 Å². The van der Waals surface area contributed by atoms with Crippen molar-refractivity contribution in [1.29, 1.82) is 0 Å². The van der Waals surface area contributed by atoms with E-state index in [4.69, 9.17) is 4.74 Å². The zero-order valence-corrected chi connectivity index (χ0v) is 15.8. The van der Waals surface area contributed by atoms with Gasteiger partial charge in [-0.1, -0.05) is 12.1 Å². The molecule has 0 aliphatic carbocycles. The predicted octanol–water partition coefficient (Wildman–Crippen LogP) is 3.15. The largest absolute Gasteiger partial charge is 0.360 e. The van der Waals surface area contributed by atoms with Crippen molar-refractivity contribution in [3.63, 3.8) is 0 Å². The number of carbonyl (C=O) groups is 1. The van der Waals surface area contributed by atoms with Crippen LogP contribution in [0.15, 0.2) is 24.3 Å². The van der Waals surface area contributed by atoms with Gasteiger partial charge in [0, 0.05) is 25.6 Å².